The molecule has 0 bridgehead atoms. The van der Waals surface area contributed by atoms with Gasteiger partial charge in [-0.15, -0.1) is 0 Å². The van der Waals surface area contributed by atoms with Crippen LogP contribution in [0.2, 0.25) is 0 Å². The molecule has 0 aromatic carbocycles. The maximum atomic E-state index is 13.6. The Morgan fingerprint density at radius 1 is 0.414 bits per heavy atom. The van der Waals surface area contributed by atoms with E-state index in [1.807, 2.05) is 33.3 Å². The van der Waals surface area contributed by atoms with Crippen LogP contribution in [0.1, 0.15) is 329 Å². The highest BCUT2D eigenvalue weighted by atomic mass is 31.2. The number of carbonyl (C=O) groups is 2. The zero-order valence-corrected chi connectivity index (χ0v) is 58.6. The lowest BCUT2D eigenvalue weighted by molar-refractivity contribution is -0.870. The molecule has 0 aliphatic heterocycles. The molecule has 3 atom stereocenters. The molecule has 0 aromatic heterocycles. The lowest BCUT2D eigenvalue weighted by Crippen LogP contribution is -2.47. The van der Waals surface area contributed by atoms with Crippen molar-refractivity contribution in [2.24, 2.45) is 0 Å². The van der Waals surface area contributed by atoms with Gasteiger partial charge in [0, 0.05) is 12.8 Å². The molecule has 87 heavy (non-hydrogen) atoms. The Morgan fingerprint density at radius 2 is 0.736 bits per heavy atom. The van der Waals surface area contributed by atoms with Gasteiger partial charge in [0.05, 0.1) is 33.8 Å². The quantitative estimate of drug-likeness (QED) is 0.0205. The molecule has 0 saturated carbocycles. The van der Waals surface area contributed by atoms with Crippen molar-refractivity contribution in [3.05, 3.63) is 97.2 Å². The summed E-state index contributed by atoms with van der Waals surface area (Å²) in [5.74, 6) is -0.520. The summed E-state index contributed by atoms with van der Waals surface area (Å²) in [4.78, 5) is 38.0. The average molecular weight is 1240 g/mol. The van der Waals surface area contributed by atoms with Crippen molar-refractivity contribution >= 4 is 19.7 Å². The monoisotopic (exact) mass is 1240 g/mol. The molecule has 0 fully saturated rings. The van der Waals surface area contributed by atoms with E-state index in [4.69, 9.17) is 13.8 Å². The number of allylic oxidation sites excluding steroid dienone is 15. The topological polar surface area (TPSA) is 111 Å². The minimum absolute atomic E-state index is 0.0341. The number of ether oxygens (including phenoxy) is 1. The average Bonchev–Trinajstić information content (AvgIpc) is 3.70. The Bertz CT molecular complexity index is 1810. The first-order chi connectivity index (χ1) is 42.4. The number of phosphoric acid groups is 1. The summed E-state index contributed by atoms with van der Waals surface area (Å²) < 4.78 is 30.9. The van der Waals surface area contributed by atoms with Crippen molar-refractivity contribution in [1.29, 1.82) is 0 Å². The zero-order chi connectivity index (χ0) is 63.5. The van der Waals surface area contributed by atoms with Gasteiger partial charge in [0.2, 0.25) is 5.91 Å². The molecule has 0 aliphatic carbocycles. The van der Waals surface area contributed by atoms with E-state index in [9.17, 15) is 19.0 Å². The molecule has 0 aliphatic rings. The number of hydrogen-bond donors (Lipinski definition) is 2. The molecule has 0 aromatic rings. The predicted molar refractivity (Wildman–Crippen MR) is 378 cm³/mol. The zero-order valence-electron chi connectivity index (χ0n) is 57.7. The molecule has 504 valence electrons. The minimum atomic E-state index is -4.47. The maximum absolute atomic E-state index is 13.6. The number of likely N-dealkylation sites (N-methyl/N-ethyl adjacent to an activating group) is 1. The number of quaternary nitrogens is 1. The first-order valence-corrected chi connectivity index (χ1v) is 38.1. The Balaban J connectivity index is 5.07. The third-order valence-corrected chi connectivity index (χ3v) is 17.0. The molecule has 2 N–H and O–H groups in total. The van der Waals surface area contributed by atoms with E-state index in [0.717, 1.165) is 109 Å². The molecular weight excluding hydrogens is 1100 g/mol. The highest BCUT2D eigenvalue weighted by Gasteiger charge is 2.30. The van der Waals surface area contributed by atoms with Crippen molar-refractivity contribution < 1.29 is 37.3 Å². The van der Waals surface area contributed by atoms with Gasteiger partial charge in [0.1, 0.15) is 19.3 Å². The molecule has 0 saturated heterocycles. The lowest BCUT2D eigenvalue weighted by atomic mass is 10.0. The van der Waals surface area contributed by atoms with Crippen LogP contribution >= 0.6 is 7.82 Å². The largest absolute Gasteiger partial charge is 0.472 e. The van der Waals surface area contributed by atoms with Crippen molar-refractivity contribution in [1.82, 2.24) is 5.32 Å². The number of esters is 1. The smallest absolute Gasteiger partial charge is 0.456 e. The highest BCUT2D eigenvalue weighted by molar-refractivity contribution is 7.47. The fourth-order valence-corrected chi connectivity index (χ4v) is 11.1. The maximum Gasteiger partial charge on any atom is 0.472 e. The molecular formula is C77H140N2O7P+. The van der Waals surface area contributed by atoms with Crippen LogP contribution in [-0.2, 0) is 27.9 Å². The summed E-state index contributed by atoms with van der Waals surface area (Å²) >= 11 is 0. The van der Waals surface area contributed by atoms with Crippen LogP contribution in [0.3, 0.4) is 0 Å². The van der Waals surface area contributed by atoms with E-state index in [-0.39, 0.29) is 31.5 Å². The Morgan fingerprint density at radius 3 is 1.13 bits per heavy atom. The van der Waals surface area contributed by atoms with Crippen molar-refractivity contribution in [2.45, 2.75) is 341 Å². The number of unbranched alkanes of at least 4 members (excludes halogenated alkanes) is 36. The van der Waals surface area contributed by atoms with Crippen molar-refractivity contribution in [3.63, 3.8) is 0 Å². The summed E-state index contributed by atoms with van der Waals surface area (Å²) in [7, 11) is 1.48. The number of amides is 1. The van der Waals surface area contributed by atoms with Gasteiger partial charge < -0.3 is 19.4 Å². The second kappa shape index (κ2) is 65.9. The molecule has 0 spiro atoms. The number of carbonyl (C=O) groups excluding carboxylic acids is 2. The van der Waals surface area contributed by atoms with Crippen LogP contribution in [0.5, 0.6) is 0 Å². The fraction of sp³-hybridized carbons (Fsp3) is 0.766. The van der Waals surface area contributed by atoms with Gasteiger partial charge in [-0.2, -0.15) is 0 Å². The summed E-state index contributed by atoms with van der Waals surface area (Å²) in [6, 6.07) is -0.862. The standard InChI is InChI=1S/C77H139N2O7P/c1-7-10-13-16-19-22-25-28-30-32-34-36-37-38-39-40-41-43-44-46-48-51-54-57-60-63-66-69-76(80)78-74(73-85-87(82,83)84-72-71-79(4,5)6)75(68-65-62-59-56-53-50-27-24-21-18-15-12-9-3)86-77(81)70-67-64-61-58-55-52-49-47-45-42-35-33-31-29-26-23-20-17-14-11-8-2/h11,14,19-20,22-23,28-31,35,42,47,49,65,68,74-75H,7-10,12-13,15-18,21,24-27,32-34,36-41,43-46,48,50-64,66-67,69-73H2,1-6H3,(H-,78,80,82,83)/p+1/b14-11-,22-19-,23-20-,30-28-,31-29-,42-35-,49-47-,68-65-. The van der Waals surface area contributed by atoms with Gasteiger partial charge in [0.25, 0.3) is 0 Å². The van der Waals surface area contributed by atoms with Gasteiger partial charge in [-0.25, -0.2) is 4.57 Å². The number of nitrogens with one attached hydrogen (secondary N) is 1. The van der Waals surface area contributed by atoms with E-state index in [1.54, 1.807) is 0 Å². The van der Waals surface area contributed by atoms with E-state index in [2.05, 4.69) is 111 Å². The van der Waals surface area contributed by atoms with E-state index < -0.39 is 20.0 Å². The van der Waals surface area contributed by atoms with E-state index in [0.29, 0.717) is 23.9 Å². The Kier molecular flexibility index (Phi) is 63.5. The summed E-state index contributed by atoms with van der Waals surface area (Å²) in [6.07, 6.45) is 89.9. The number of phosphoric ester groups is 1. The van der Waals surface area contributed by atoms with Gasteiger partial charge >= 0.3 is 13.8 Å². The molecule has 0 rings (SSSR count). The van der Waals surface area contributed by atoms with Gasteiger partial charge in [0.15, 0.2) is 0 Å². The van der Waals surface area contributed by atoms with Crippen LogP contribution in [0, 0.1) is 0 Å². The third kappa shape index (κ3) is 67.2. The Hall–Kier alpha value is -3.07. The molecule has 1 amide bonds. The number of hydrogen-bond acceptors (Lipinski definition) is 6. The minimum Gasteiger partial charge on any atom is -0.456 e. The van der Waals surface area contributed by atoms with Crippen LogP contribution in [0.4, 0.5) is 0 Å². The van der Waals surface area contributed by atoms with Crippen LogP contribution in [0.25, 0.3) is 0 Å². The van der Waals surface area contributed by atoms with Gasteiger partial charge in [-0.3, -0.25) is 18.6 Å². The second-order valence-corrected chi connectivity index (χ2v) is 27.2. The summed E-state index contributed by atoms with van der Waals surface area (Å²) in [5.41, 5.74) is 0. The molecule has 10 heteroatoms. The highest BCUT2D eigenvalue weighted by Crippen LogP contribution is 2.43. The number of nitrogens with zero attached hydrogens (tertiary/aromatic N) is 1. The predicted octanol–water partition coefficient (Wildman–Crippen LogP) is 23.5. The molecule has 0 heterocycles. The normalized spacial score (nSPS) is 14.1. The summed E-state index contributed by atoms with van der Waals surface area (Å²) in [6.45, 7) is 6.89. The fourth-order valence-electron chi connectivity index (χ4n) is 10.4. The SMILES string of the molecule is CC/C=C\C/C=C\C/C=C\C/C=C\C/C=C\CCCCCCCC(=O)OC(/C=C\CCCCCCCCCCCCC)C(COP(=O)(O)OCC[N+](C)(C)C)NC(=O)CCCCCCCCCCCCCCCCCCC/C=C\C/C=C\CCCCC. The van der Waals surface area contributed by atoms with E-state index >= 15 is 0 Å². The Labute approximate surface area is 538 Å². The van der Waals surface area contributed by atoms with Crippen molar-refractivity contribution in [3.8, 4) is 0 Å². The van der Waals surface area contributed by atoms with Gasteiger partial charge in [-0.05, 0) is 109 Å². The third-order valence-electron chi connectivity index (χ3n) is 16.0. The molecule has 0 radical (unpaired) electrons. The van der Waals surface area contributed by atoms with Crippen LogP contribution in [0.15, 0.2) is 97.2 Å². The van der Waals surface area contributed by atoms with Gasteiger partial charge in [-0.1, -0.05) is 305 Å². The van der Waals surface area contributed by atoms with Crippen molar-refractivity contribution in [2.75, 3.05) is 40.9 Å². The van der Waals surface area contributed by atoms with Crippen LogP contribution in [-0.4, -0.2) is 74.3 Å². The van der Waals surface area contributed by atoms with Crippen LogP contribution < -0.4 is 5.32 Å². The second-order valence-electron chi connectivity index (χ2n) is 25.7. The molecule has 3 unspecified atom stereocenters. The molecule has 9 nitrogen and oxygen atoms in total. The number of rotatable bonds is 66. The lowest BCUT2D eigenvalue weighted by Gasteiger charge is -2.27. The first-order valence-electron chi connectivity index (χ1n) is 36.6. The van der Waals surface area contributed by atoms with E-state index in [1.165, 1.54) is 180 Å². The first kappa shape index (κ1) is 83.9. The summed E-state index contributed by atoms with van der Waals surface area (Å²) in [5, 5.41) is 3.07.